The van der Waals surface area contributed by atoms with Gasteiger partial charge in [0.15, 0.2) is 11.0 Å². The number of benzene rings is 2. The molecule has 0 N–H and O–H groups in total. The lowest BCUT2D eigenvalue weighted by Gasteiger charge is -2.13. The zero-order valence-corrected chi connectivity index (χ0v) is 16.6. The number of thioether (sulfide) groups is 1. The first-order valence-electron chi connectivity index (χ1n) is 9.01. The third kappa shape index (κ3) is 5.12. The van der Waals surface area contributed by atoms with Gasteiger partial charge in [0.1, 0.15) is 12.4 Å². The quantitative estimate of drug-likeness (QED) is 0.379. The van der Waals surface area contributed by atoms with Crippen molar-refractivity contribution in [3.8, 4) is 22.9 Å². The van der Waals surface area contributed by atoms with Crippen LogP contribution in [0.3, 0.4) is 0 Å². The van der Waals surface area contributed by atoms with Crippen molar-refractivity contribution in [3.63, 3.8) is 0 Å². The van der Waals surface area contributed by atoms with Gasteiger partial charge in [-0.25, -0.2) is 0 Å². The highest BCUT2D eigenvalue weighted by atomic mass is 32.2. The Hall–Kier alpha value is -2.82. The predicted molar refractivity (Wildman–Crippen MR) is 109 cm³/mol. The minimum Gasteiger partial charge on any atom is -0.485 e. The molecular weight excluding hydrogens is 372 g/mol. The molecule has 0 aliphatic rings. The van der Waals surface area contributed by atoms with Gasteiger partial charge in [0.05, 0.1) is 12.7 Å². The van der Waals surface area contributed by atoms with E-state index in [1.54, 1.807) is 7.11 Å². The Bertz CT molecular complexity index is 922. The number of hydrogen-bond donors (Lipinski definition) is 0. The number of para-hydroxylation sites is 1. The van der Waals surface area contributed by atoms with E-state index in [1.807, 2.05) is 47.0 Å². The summed E-state index contributed by atoms with van der Waals surface area (Å²) < 4.78 is 13.3. The zero-order valence-electron chi connectivity index (χ0n) is 15.7. The van der Waals surface area contributed by atoms with Crippen molar-refractivity contribution in [2.24, 2.45) is 0 Å². The van der Waals surface area contributed by atoms with Crippen LogP contribution in [0.5, 0.6) is 5.75 Å². The molecule has 0 unspecified atom stereocenters. The third-order valence-electron chi connectivity index (χ3n) is 4.09. The summed E-state index contributed by atoms with van der Waals surface area (Å²) in [7, 11) is 1.67. The van der Waals surface area contributed by atoms with Gasteiger partial charge >= 0.3 is 0 Å². The Balaban J connectivity index is 1.77. The Labute approximate surface area is 169 Å². The van der Waals surface area contributed by atoms with Gasteiger partial charge in [-0.2, -0.15) is 5.26 Å². The molecule has 1 heterocycles. The summed E-state index contributed by atoms with van der Waals surface area (Å²) in [6, 6.07) is 20.3. The number of nitriles is 1. The van der Waals surface area contributed by atoms with E-state index in [2.05, 4.69) is 28.4 Å². The number of nitrogens with zero attached hydrogens (tertiary/aromatic N) is 4. The van der Waals surface area contributed by atoms with Crippen molar-refractivity contribution in [2.75, 3.05) is 19.5 Å². The molecule has 0 aliphatic heterocycles. The van der Waals surface area contributed by atoms with Crippen LogP contribution in [0.1, 0.15) is 12.2 Å². The third-order valence-corrected chi connectivity index (χ3v) is 5.05. The van der Waals surface area contributed by atoms with Gasteiger partial charge in [-0.05, 0) is 11.6 Å². The predicted octanol–water partition coefficient (Wildman–Crippen LogP) is 4.18. The highest BCUT2D eigenvalue weighted by Crippen LogP contribution is 2.30. The van der Waals surface area contributed by atoms with Crippen molar-refractivity contribution in [2.45, 2.75) is 24.7 Å². The van der Waals surface area contributed by atoms with Gasteiger partial charge in [-0.1, -0.05) is 60.3 Å². The minimum atomic E-state index is 0.305. The van der Waals surface area contributed by atoms with Crippen LogP contribution in [0.2, 0.25) is 0 Å². The molecular formula is C21H22N4O2S. The maximum Gasteiger partial charge on any atom is 0.191 e. The molecule has 0 radical (unpaired) electrons. The van der Waals surface area contributed by atoms with E-state index >= 15 is 0 Å². The van der Waals surface area contributed by atoms with Crippen molar-refractivity contribution >= 4 is 11.8 Å². The molecule has 144 valence electrons. The van der Waals surface area contributed by atoms with E-state index in [4.69, 9.17) is 14.7 Å². The average Bonchev–Trinajstić information content (AvgIpc) is 3.13. The van der Waals surface area contributed by atoms with Gasteiger partial charge in [-0.15, -0.1) is 10.2 Å². The highest BCUT2D eigenvalue weighted by molar-refractivity contribution is 7.99. The van der Waals surface area contributed by atoms with Gasteiger partial charge in [0.25, 0.3) is 0 Å². The summed E-state index contributed by atoms with van der Waals surface area (Å²) in [6.45, 7) is 1.49. The first-order chi connectivity index (χ1) is 13.8. The molecule has 0 bridgehead atoms. The zero-order chi connectivity index (χ0) is 19.6. The van der Waals surface area contributed by atoms with Gasteiger partial charge in [0, 0.05) is 31.4 Å². The minimum absolute atomic E-state index is 0.305. The molecule has 28 heavy (non-hydrogen) atoms. The van der Waals surface area contributed by atoms with Crippen LogP contribution in [0.15, 0.2) is 59.8 Å². The Kier molecular flexibility index (Phi) is 7.47. The summed E-state index contributed by atoms with van der Waals surface area (Å²) >= 11 is 1.52. The largest absolute Gasteiger partial charge is 0.485 e. The fraction of sp³-hybridized carbons (Fsp3) is 0.286. The smallest absolute Gasteiger partial charge is 0.191 e. The topological polar surface area (TPSA) is 73.0 Å². The van der Waals surface area contributed by atoms with Crippen LogP contribution >= 0.6 is 11.8 Å². The van der Waals surface area contributed by atoms with E-state index in [-0.39, 0.29) is 0 Å². The van der Waals surface area contributed by atoms with Crippen LogP contribution in [0, 0.1) is 11.3 Å². The summed E-state index contributed by atoms with van der Waals surface area (Å²) in [5, 5.41) is 18.1. The Morgan fingerprint density at radius 2 is 1.86 bits per heavy atom. The molecule has 0 spiro atoms. The lowest BCUT2D eigenvalue weighted by molar-refractivity contribution is 0.181. The summed E-state index contributed by atoms with van der Waals surface area (Å²) in [5.41, 5.74) is 2.14. The monoisotopic (exact) mass is 394 g/mol. The molecule has 3 rings (SSSR count). The molecule has 0 fully saturated rings. The van der Waals surface area contributed by atoms with E-state index in [0.29, 0.717) is 31.9 Å². The Morgan fingerprint density at radius 1 is 1.07 bits per heavy atom. The molecule has 2 aromatic carbocycles. The van der Waals surface area contributed by atoms with Crippen LogP contribution in [0.25, 0.3) is 11.1 Å². The first-order valence-corrected chi connectivity index (χ1v) is 10.00. The molecule has 0 atom stereocenters. The van der Waals surface area contributed by atoms with E-state index in [9.17, 15) is 0 Å². The summed E-state index contributed by atoms with van der Waals surface area (Å²) in [5.74, 6) is 2.22. The van der Waals surface area contributed by atoms with Crippen molar-refractivity contribution < 1.29 is 9.47 Å². The van der Waals surface area contributed by atoms with Crippen LogP contribution < -0.4 is 4.74 Å². The fourth-order valence-corrected chi connectivity index (χ4v) is 3.55. The number of ether oxygens (including phenoxy) is 2. The summed E-state index contributed by atoms with van der Waals surface area (Å²) in [4.78, 5) is 0. The number of methoxy groups -OCH3 is 1. The molecule has 3 aromatic rings. The first kappa shape index (κ1) is 19.9. The second-order valence-corrected chi connectivity index (χ2v) is 7.01. The van der Waals surface area contributed by atoms with Gasteiger partial charge in [-0.3, -0.25) is 0 Å². The number of hydrogen-bond acceptors (Lipinski definition) is 6. The van der Waals surface area contributed by atoms with Crippen molar-refractivity contribution in [1.29, 1.82) is 5.26 Å². The standard InChI is InChI=1S/C21H22N4O2S/c1-26-14-13-25-20(23-24-21(25)28-15-7-12-22)16-27-19-11-6-5-10-18(19)17-8-3-2-4-9-17/h2-6,8-11H,7,13-16H2,1H3. The maximum absolute atomic E-state index is 8.74. The summed E-state index contributed by atoms with van der Waals surface area (Å²) in [6.07, 6.45) is 0.470. The van der Waals surface area contributed by atoms with E-state index in [1.165, 1.54) is 11.8 Å². The molecule has 1 aromatic heterocycles. The fourth-order valence-electron chi connectivity index (χ4n) is 2.72. The van der Waals surface area contributed by atoms with Gasteiger partial charge in [0.2, 0.25) is 0 Å². The average molecular weight is 395 g/mol. The lowest BCUT2D eigenvalue weighted by atomic mass is 10.1. The van der Waals surface area contributed by atoms with Crippen LogP contribution in [0.4, 0.5) is 0 Å². The van der Waals surface area contributed by atoms with Crippen molar-refractivity contribution in [3.05, 3.63) is 60.4 Å². The second-order valence-electron chi connectivity index (χ2n) is 5.95. The number of aromatic nitrogens is 3. The Morgan fingerprint density at radius 3 is 2.64 bits per heavy atom. The number of rotatable bonds is 10. The van der Waals surface area contributed by atoms with Gasteiger partial charge < -0.3 is 14.0 Å². The molecule has 0 aliphatic carbocycles. The van der Waals surface area contributed by atoms with E-state index < -0.39 is 0 Å². The molecule has 7 heteroatoms. The molecule has 0 saturated carbocycles. The normalized spacial score (nSPS) is 10.6. The second kappa shape index (κ2) is 10.5. The van der Waals surface area contributed by atoms with Crippen molar-refractivity contribution in [1.82, 2.24) is 14.8 Å². The maximum atomic E-state index is 8.74. The van der Waals surface area contributed by atoms with Crippen LogP contribution in [-0.4, -0.2) is 34.2 Å². The highest BCUT2D eigenvalue weighted by Gasteiger charge is 2.14. The lowest BCUT2D eigenvalue weighted by Crippen LogP contribution is -2.12. The molecule has 0 amide bonds. The van der Waals surface area contributed by atoms with E-state index in [0.717, 1.165) is 27.9 Å². The molecule has 0 saturated heterocycles. The van der Waals surface area contributed by atoms with Crippen LogP contribution in [-0.2, 0) is 17.9 Å². The SMILES string of the molecule is COCCn1c(COc2ccccc2-c2ccccc2)nnc1SCCC#N. The molecule has 6 nitrogen and oxygen atoms in total.